The standard InChI is InChI=1S/C20H23NO/c1-14-10-11-15(2)17(12-14)13-20(22)21-19-9-5-7-16-6-3-4-8-18(16)19/h3-4,6,8,10-12,19H,5,7,9,13H2,1-2H3,(H,21,22). The molecule has 0 bridgehead atoms. The Morgan fingerprint density at radius 2 is 2.00 bits per heavy atom. The van der Waals surface area contributed by atoms with Gasteiger partial charge in [0.25, 0.3) is 0 Å². The predicted octanol–water partition coefficient (Wildman–Crippen LogP) is 4.04. The maximum absolute atomic E-state index is 12.4. The first-order valence-corrected chi connectivity index (χ1v) is 8.07. The lowest BCUT2D eigenvalue weighted by atomic mass is 9.87. The molecule has 0 saturated heterocycles. The third-order valence-corrected chi connectivity index (χ3v) is 4.56. The summed E-state index contributed by atoms with van der Waals surface area (Å²) >= 11 is 0. The monoisotopic (exact) mass is 293 g/mol. The average molecular weight is 293 g/mol. The van der Waals surface area contributed by atoms with Crippen molar-refractivity contribution in [3.8, 4) is 0 Å². The van der Waals surface area contributed by atoms with Crippen molar-refractivity contribution in [1.29, 1.82) is 0 Å². The van der Waals surface area contributed by atoms with E-state index in [0.717, 1.165) is 24.8 Å². The number of carbonyl (C=O) groups excluding carboxylic acids is 1. The van der Waals surface area contributed by atoms with Crippen molar-refractivity contribution in [1.82, 2.24) is 5.32 Å². The van der Waals surface area contributed by atoms with Gasteiger partial charge in [0.15, 0.2) is 0 Å². The van der Waals surface area contributed by atoms with Gasteiger partial charge < -0.3 is 5.32 Å². The van der Waals surface area contributed by atoms with Gasteiger partial charge in [-0.2, -0.15) is 0 Å². The van der Waals surface area contributed by atoms with Gasteiger partial charge in [0, 0.05) is 0 Å². The highest BCUT2D eigenvalue weighted by molar-refractivity contribution is 5.79. The zero-order valence-corrected chi connectivity index (χ0v) is 13.4. The summed E-state index contributed by atoms with van der Waals surface area (Å²) in [6, 6.07) is 14.9. The van der Waals surface area contributed by atoms with Crippen molar-refractivity contribution in [2.45, 2.75) is 45.6 Å². The van der Waals surface area contributed by atoms with Crippen LogP contribution in [0.5, 0.6) is 0 Å². The van der Waals surface area contributed by atoms with Gasteiger partial charge in [0.05, 0.1) is 12.5 Å². The molecule has 1 unspecified atom stereocenters. The summed E-state index contributed by atoms with van der Waals surface area (Å²) in [6.07, 6.45) is 3.77. The molecule has 1 atom stereocenters. The second-order valence-electron chi connectivity index (χ2n) is 6.32. The van der Waals surface area contributed by atoms with Crippen LogP contribution >= 0.6 is 0 Å². The van der Waals surface area contributed by atoms with E-state index >= 15 is 0 Å². The second-order valence-corrected chi connectivity index (χ2v) is 6.32. The van der Waals surface area contributed by atoms with E-state index in [-0.39, 0.29) is 11.9 Å². The Hall–Kier alpha value is -2.09. The molecule has 0 radical (unpaired) electrons. The third kappa shape index (κ3) is 3.22. The number of carbonyl (C=O) groups is 1. The Labute approximate surface area is 132 Å². The molecule has 2 nitrogen and oxygen atoms in total. The van der Waals surface area contributed by atoms with Crippen molar-refractivity contribution < 1.29 is 4.79 Å². The van der Waals surface area contributed by atoms with Crippen LogP contribution in [0.15, 0.2) is 42.5 Å². The molecular formula is C20H23NO. The first-order chi connectivity index (χ1) is 10.6. The van der Waals surface area contributed by atoms with Crippen molar-refractivity contribution in [3.05, 3.63) is 70.3 Å². The molecule has 114 valence electrons. The minimum absolute atomic E-state index is 0.121. The number of hydrogen-bond acceptors (Lipinski definition) is 1. The molecule has 1 amide bonds. The molecular weight excluding hydrogens is 270 g/mol. The summed E-state index contributed by atoms with van der Waals surface area (Å²) in [4.78, 5) is 12.4. The molecule has 0 aromatic heterocycles. The summed E-state index contributed by atoms with van der Waals surface area (Å²) in [5.41, 5.74) is 6.19. The fourth-order valence-electron chi connectivity index (χ4n) is 3.31. The van der Waals surface area contributed by atoms with Crippen LogP contribution in [0.3, 0.4) is 0 Å². The van der Waals surface area contributed by atoms with E-state index in [4.69, 9.17) is 0 Å². The third-order valence-electron chi connectivity index (χ3n) is 4.56. The largest absolute Gasteiger partial charge is 0.349 e. The molecule has 2 aromatic carbocycles. The van der Waals surface area contributed by atoms with Crippen LogP contribution < -0.4 is 5.32 Å². The highest BCUT2D eigenvalue weighted by Gasteiger charge is 2.21. The number of nitrogens with one attached hydrogen (secondary N) is 1. The van der Waals surface area contributed by atoms with Gasteiger partial charge in [0.2, 0.25) is 5.91 Å². The first-order valence-electron chi connectivity index (χ1n) is 8.07. The van der Waals surface area contributed by atoms with Crippen LogP contribution in [0.25, 0.3) is 0 Å². The van der Waals surface area contributed by atoms with Gasteiger partial charge in [-0.05, 0) is 55.4 Å². The lowest BCUT2D eigenvalue weighted by Gasteiger charge is -2.26. The molecule has 22 heavy (non-hydrogen) atoms. The SMILES string of the molecule is Cc1ccc(C)c(CC(=O)NC2CCCc3ccccc32)c1. The van der Waals surface area contributed by atoms with E-state index in [1.165, 1.54) is 22.3 Å². The Balaban J connectivity index is 1.72. The molecule has 0 spiro atoms. The Morgan fingerprint density at radius 1 is 1.18 bits per heavy atom. The van der Waals surface area contributed by atoms with Crippen LogP contribution in [-0.4, -0.2) is 5.91 Å². The van der Waals surface area contributed by atoms with Crippen LogP contribution in [0.4, 0.5) is 0 Å². The maximum atomic E-state index is 12.4. The number of benzene rings is 2. The average Bonchev–Trinajstić information content (AvgIpc) is 2.51. The molecule has 3 rings (SSSR count). The smallest absolute Gasteiger partial charge is 0.224 e. The minimum Gasteiger partial charge on any atom is -0.349 e. The highest BCUT2D eigenvalue weighted by Crippen LogP contribution is 2.29. The topological polar surface area (TPSA) is 29.1 Å². The van der Waals surface area contributed by atoms with Gasteiger partial charge in [-0.1, -0.05) is 48.0 Å². The number of rotatable bonds is 3. The van der Waals surface area contributed by atoms with Gasteiger partial charge in [-0.25, -0.2) is 0 Å². The maximum Gasteiger partial charge on any atom is 0.224 e. The van der Waals surface area contributed by atoms with E-state index in [1.807, 2.05) is 0 Å². The predicted molar refractivity (Wildman–Crippen MR) is 89.9 cm³/mol. The van der Waals surface area contributed by atoms with Crippen molar-refractivity contribution in [2.75, 3.05) is 0 Å². The Morgan fingerprint density at radius 3 is 2.86 bits per heavy atom. The lowest BCUT2D eigenvalue weighted by molar-refractivity contribution is -0.121. The molecule has 1 N–H and O–H groups in total. The van der Waals surface area contributed by atoms with Gasteiger partial charge in [0.1, 0.15) is 0 Å². The van der Waals surface area contributed by atoms with Crippen LogP contribution in [0, 0.1) is 13.8 Å². The van der Waals surface area contributed by atoms with Crippen LogP contribution in [0.1, 0.15) is 46.7 Å². The fraction of sp³-hybridized carbons (Fsp3) is 0.350. The van der Waals surface area contributed by atoms with Gasteiger partial charge >= 0.3 is 0 Å². The van der Waals surface area contributed by atoms with Crippen molar-refractivity contribution >= 4 is 5.91 Å². The minimum atomic E-state index is 0.121. The number of fused-ring (bicyclic) bond motifs is 1. The fourth-order valence-corrected chi connectivity index (χ4v) is 3.31. The highest BCUT2D eigenvalue weighted by atomic mass is 16.1. The van der Waals surface area contributed by atoms with Crippen molar-refractivity contribution in [3.63, 3.8) is 0 Å². The molecule has 2 aromatic rings. The molecule has 0 aliphatic heterocycles. The Bertz CT molecular complexity index is 690. The van der Waals surface area contributed by atoms with Crippen LogP contribution in [-0.2, 0) is 17.6 Å². The molecule has 2 heteroatoms. The van der Waals surface area contributed by atoms with E-state index in [9.17, 15) is 4.79 Å². The second kappa shape index (κ2) is 6.35. The summed E-state index contributed by atoms with van der Waals surface area (Å²) in [5, 5.41) is 3.23. The molecule has 1 aliphatic carbocycles. The number of hydrogen-bond donors (Lipinski definition) is 1. The number of aryl methyl sites for hydroxylation is 3. The lowest BCUT2D eigenvalue weighted by Crippen LogP contribution is -2.32. The van der Waals surface area contributed by atoms with E-state index in [0.29, 0.717) is 6.42 Å². The zero-order valence-electron chi connectivity index (χ0n) is 13.4. The molecule has 0 heterocycles. The van der Waals surface area contributed by atoms with Crippen LogP contribution in [0.2, 0.25) is 0 Å². The number of amides is 1. The van der Waals surface area contributed by atoms with Gasteiger partial charge in [-0.15, -0.1) is 0 Å². The van der Waals surface area contributed by atoms with E-state index < -0.39 is 0 Å². The summed E-state index contributed by atoms with van der Waals surface area (Å²) in [5.74, 6) is 0.121. The summed E-state index contributed by atoms with van der Waals surface area (Å²) in [6.45, 7) is 4.14. The quantitative estimate of drug-likeness (QED) is 0.909. The first kappa shape index (κ1) is 14.8. The molecule has 1 aliphatic rings. The van der Waals surface area contributed by atoms with Gasteiger partial charge in [-0.3, -0.25) is 4.79 Å². The van der Waals surface area contributed by atoms with Crippen molar-refractivity contribution in [2.24, 2.45) is 0 Å². The Kier molecular flexibility index (Phi) is 4.28. The van der Waals surface area contributed by atoms with E-state index in [2.05, 4.69) is 61.6 Å². The van der Waals surface area contributed by atoms with E-state index in [1.54, 1.807) is 0 Å². The molecule has 0 saturated carbocycles. The zero-order chi connectivity index (χ0) is 15.5. The summed E-state index contributed by atoms with van der Waals surface area (Å²) in [7, 11) is 0. The summed E-state index contributed by atoms with van der Waals surface area (Å²) < 4.78 is 0. The normalized spacial score (nSPS) is 16.9. The molecule has 0 fully saturated rings.